The third-order valence-electron chi connectivity index (χ3n) is 8.32. The molecule has 8 nitrogen and oxygen atoms in total. The van der Waals surface area contributed by atoms with Gasteiger partial charge < -0.3 is 20.3 Å². The van der Waals surface area contributed by atoms with Crippen molar-refractivity contribution >= 4 is 23.3 Å². The fraction of sp³-hybridized carbons (Fsp3) is 0.690. The maximum Gasteiger partial charge on any atom is 0.249 e. The van der Waals surface area contributed by atoms with E-state index in [0.29, 0.717) is 24.1 Å². The Bertz CT molecular complexity index is 1000. The summed E-state index contributed by atoms with van der Waals surface area (Å²) in [6.07, 6.45) is 1.46. The molecule has 2 N–H and O–H groups in total. The Hall–Kier alpha value is -2.45. The summed E-state index contributed by atoms with van der Waals surface area (Å²) in [4.78, 5) is 46.2. The number of fused-ring (bicyclic) bond motifs is 1. The molecule has 0 unspecified atom stereocenters. The van der Waals surface area contributed by atoms with Crippen LogP contribution in [0.2, 0.25) is 0 Å². The molecule has 3 saturated heterocycles. The number of piperazine rings is 1. The van der Waals surface area contributed by atoms with Gasteiger partial charge in [-0.1, -0.05) is 34.6 Å². The number of likely N-dealkylation sites (tertiary alicyclic amines) is 1. The summed E-state index contributed by atoms with van der Waals surface area (Å²) in [6, 6.07) is 5.19. The summed E-state index contributed by atoms with van der Waals surface area (Å²) in [5.41, 5.74) is 7.90. The molecule has 1 aromatic carbocycles. The second-order valence-electron chi connectivity index (χ2n) is 11.7. The smallest absolute Gasteiger partial charge is 0.249 e. The van der Waals surface area contributed by atoms with Gasteiger partial charge in [0, 0.05) is 49.9 Å². The van der Waals surface area contributed by atoms with Crippen molar-refractivity contribution in [3.63, 3.8) is 0 Å². The highest BCUT2D eigenvalue weighted by Crippen LogP contribution is 2.40. The zero-order valence-corrected chi connectivity index (χ0v) is 23.1. The van der Waals surface area contributed by atoms with E-state index in [2.05, 4.69) is 44.4 Å². The number of amides is 2. The molecule has 0 radical (unpaired) electrons. The number of anilines is 1. The molecule has 3 aliphatic rings. The highest BCUT2D eigenvalue weighted by atomic mass is 16.5. The van der Waals surface area contributed by atoms with Crippen LogP contribution in [0.4, 0.5) is 5.69 Å². The quantitative estimate of drug-likeness (QED) is 0.547. The minimum absolute atomic E-state index is 0.0291. The molecule has 3 aliphatic heterocycles. The third kappa shape index (κ3) is 5.70. The molecule has 0 aliphatic carbocycles. The van der Waals surface area contributed by atoms with Gasteiger partial charge in [0.1, 0.15) is 12.6 Å². The summed E-state index contributed by atoms with van der Waals surface area (Å²) in [6.45, 7) is 16.0. The molecule has 37 heavy (non-hydrogen) atoms. The number of primary amides is 1. The Balaban J connectivity index is 1.68. The predicted octanol–water partition coefficient (Wildman–Crippen LogP) is 2.90. The number of carbonyl (C=O) groups is 3. The number of carbonyl (C=O) groups excluding carboxylic acids is 3. The standard InChI is InChI=1S/C29H44N4O4/c1-6-9-31-10-12-32(13-11-31)20-7-8-21(28(30)35)22(15-20)23(14-18(2)3)29(36)33-16-24(19(4)5)27-26(33)25(34)17-37-27/h7-8,15,18-19,23-24,26-27H,6,9-14,16-17H2,1-5H3,(H2,30,35)/t23-,24+,26+,27+/m0/s1. The van der Waals surface area contributed by atoms with E-state index >= 15 is 0 Å². The first kappa shape index (κ1) is 27.6. The fourth-order valence-electron chi connectivity index (χ4n) is 6.35. The van der Waals surface area contributed by atoms with Gasteiger partial charge in [-0.2, -0.15) is 0 Å². The molecule has 2 amide bonds. The number of benzene rings is 1. The highest BCUT2D eigenvalue weighted by molar-refractivity contribution is 5.99. The molecule has 0 saturated carbocycles. The van der Waals surface area contributed by atoms with Gasteiger partial charge in [0.2, 0.25) is 11.8 Å². The van der Waals surface area contributed by atoms with Crippen molar-refractivity contribution < 1.29 is 19.1 Å². The number of ketones is 1. The van der Waals surface area contributed by atoms with E-state index in [4.69, 9.17) is 10.5 Å². The van der Waals surface area contributed by atoms with Crippen LogP contribution < -0.4 is 10.6 Å². The molecule has 4 atom stereocenters. The van der Waals surface area contributed by atoms with Crippen molar-refractivity contribution in [3.8, 4) is 0 Å². The Morgan fingerprint density at radius 3 is 2.41 bits per heavy atom. The lowest BCUT2D eigenvalue weighted by atomic mass is 9.85. The van der Waals surface area contributed by atoms with Crippen molar-refractivity contribution in [1.82, 2.24) is 9.80 Å². The van der Waals surface area contributed by atoms with Gasteiger partial charge in [0.15, 0.2) is 5.78 Å². The van der Waals surface area contributed by atoms with Crippen LogP contribution >= 0.6 is 0 Å². The van der Waals surface area contributed by atoms with Gasteiger partial charge >= 0.3 is 0 Å². The van der Waals surface area contributed by atoms with Crippen LogP contribution in [-0.2, 0) is 14.3 Å². The number of nitrogens with zero attached hydrogens (tertiary/aromatic N) is 3. The fourth-order valence-corrected chi connectivity index (χ4v) is 6.35. The van der Waals surface area contributed by atoms with Gasteiger partial charge in [-0.25, -0.2) is 0 Å². The van der Waals surface area contributed by atoms with E-state index in [9.17, 15) is 14.4 Å². The van der Waals surface area contributed by atoms with Crippen LogP contribution in [0.5, 0.6) is 0 Å². The average molecular weight is 513 g/mol. The molecule has 0 aromatic heterocycles. The average Bonchev–Trinajstić information content (AvgIpc) is 3.43. The predicted molar refractivity (Wildman–Crippen MR) is 145 cm³/mol. The molecule has 4 rings (SSSR count). The molecule has 1 aromatic rings. The van der Waals surface area contributed by atoms with Gasteiger partial charge in [0.05, 0.1) is 12.0 Å². The number of Topliss-reactive ketones (excluding diaryl/α,β-unsaturated/α-hetero) is 1. The van der Waals surface area contributed by atoms with E-state index < -0.39 is 17.9 Å². The topological polar surface area (TPSA) is 96.2 Å². The number of rotatable bonds is 9. The van der Waals surface area contributed by atoms with Gasteiger partial charge in [0.25, 0.3) is 0 Å². The minimum Gasteiger partial charge on any atom is -0.369 e. The van der Waals surface area contributed by atoms with E-state index in [1.807, 2.05) is 12.1 Å². The van der Waals surface area contributed by atoms with Crippen LogP contribution in [0.15, 0.2) is 18.2 Å². The normalized spacial score (nSPS) is 25.3. The van der Waals surface area contributed by atoms with Crippen LogP contribution in [0.3, 0.4) is 0 Å². The molecular formula is C29H44N4O4. The lowest BCUT2D eigenvalue weighted by Crippen LogP contribution is -2.46. The molecule has 204 valence electrons. The second-order valence-corrected chi connectivity index (χ2v) is 11.7. The zero-order valence-electron chi connectivity index (χ0n) is 23.1. The Morgan fingerprint density at radius 2 is 1.81 bits per heavy atom. The van der Waals surface area contributed by atoms with Crippen LogP contribution in [-0.4, -0.2) is 85.4 Å². The van der Waals surface area contributed by atoms with Gasteiger partial charge in [-0.05, 0) is 55.0 Å². The lowest BCUT2D eigenvalue weighted by molar-refractivity contribution is -0.138. The number of hydrogen-bond acceptors (Lipinski definition) is 6. The maximum absolute atomic E-state index is 14.3. The van der Waals surface area contributed by atoms with E-state index in [0.717, 1.165) is 44.8 Å². The lowest BCUT2D eigenvalue weighted by Gasteiger charge is -2.36. The van der Waals surface area contributed by atoms with E-state index in [1.54, 1.807) is 11.0 Å². The molecule has 3 fully saturated rings. The van der Waals surface area contributed by atoms with Gasteiger partial charge in [-0.3, -0.25) is 19.3 Å². The summed E-state index contributed by atoms with van der Waals surface area (Å²) in [7, 11) is 0. The number of ether oxygens (including phenoxy) is 1. The highest BCUT2D eigenvalue weighted by Gasteiger charge is 2.53. The molecule has 8 heteroatoms. The van der Waals surface area contributed by atoms with E-state index in [1.165, 1.54) is 0 Å². The first-order valence-corrected chi connectivity index (χ1v) is 14.0. The SMILES string of the molecule is CCCN1CCN(c2ccc(C(N)=O)c([C@H](CC(C)C)C(=O)N3C[C@H](C(C)C)[C@H]4OCC(=O)[C@H]43)c2)CC1. The molecule has 0 spiro atoms. The molecular weight excluding hydrogens is 468 g/mol. The number of hydrogen-bond donors (Lipinski definition) is 1. The Kier molecular flexibility index (Phi) is 8.59. The summed E-state index contributed by atoms with van der Waals surface area (Å²) in [5, 5.41) is 0. The zero-order chi connectivity index (χ0) is 26.9. The second kappa shape index (κ2) is 11.5. The summed E-state index contributed by atoms with van der Waals surface area (Å²) >= 11 is 0. The molecule has 3 heterocycles. The first-order valence-electron chi connectivity index (χ1n) is 14.0. The first-order chi connectivity index (χ1) is 17.6. The van der Waals surface area contributed by atoms with Crippen LogP contribution in [0.25, 0.3) is 0 Å². The Labute approximate surface area is 221 Å². The largest absolute Gasteiger partial charge is 0.369 e. The van der Waals surface area contributed by atoms with Crippen molar-refractivity contribution in [3.05, 3.63) is 29.3 Å². The van der Waals surface area contributed by atoms with Crippen LogP contribution in [0.1, 0.15) is 69.3 Å². The van der Waals surface area contributed by atoms with E-state index in [-0.39, 0.29) is 42.2 Å². The number of nitrogens with two attached hydrogens (primary N) is 1. The van der Waals surface area contributed by atoms with Crippen LogP contribution in [0, 0.1) is 17.8 Å². The summed E-state index contributed by atoms with van der Waals surface area (Å²) < 4.78 is 5.87. The Morgan fingerprint density at radius 1 is 1.11 bits per heavy atom. The van der Waals surface area contributed by atoms with Crippen molar-refractivity contribution in [1.29, 1.82) is 0 Å². The van der Waals surface area contributed by atoms with Crippen molar-refractivity contribution in [2.75, 3.05) is 50.8 Å². The maximum atomic E-state index is 14.3. The third-order valence-corrected chi connectivity index (χ3v) is 8.32. The summed E-state index contributed by atoms with van der Waals surface area (Å²) in [5.74, 6) is -0.598. The van der Waals surface area contributed by atoms with Crippen molar-refractivity contribution in [2.24, 2.45) is 23.5 Å². The van der Waals surface area contributed by atoms with Crippen molar-refractivity contribution in [2.45, 2.75) is 65.5 Å². The monoisotopic (exact) mass is 512 g/mol. The molecule has 0 bridgehead atoms. The minimum atomic E-state index is -0.552. The van der Waals surface area contributed by atoms with Gasteiger partial charge in [-0.15, -0.1) is 0 Å².